The third-order valence-corrected chi connectivity index (χ3v) is 3.25. The van der Waals surface area contributed by atoms with Crippen molar-refractivity contribution >= 4 is 23.5 Å². The van der Waals surface area contributed by atoms with E-state index >= 15 is 0 Å². The predicted molar refractivity (Wildman–Crippen MR) is 76.0 cm³/mol. The van der Waals surface area contributed by atoms with Crippen molar-refractivity contribution in [1.29, 1.82) is 0 Å². The van der Waals surface area contributed by atoms with Crippen LogP contribution >= 0.6 is 0 Å². The minimum absolute atomic E-state index is 0.0346. The molecule has 3 N–H and O–H groups in total. The van der Waals surface area contributed by atoms with Crippen LogP contribution in [0.4, 0.5) is 0 Å². The molecule has 0 unspecified atom stereocenters. The molecule has 0 aliphatic carbocycles. The van der Waals surface area contributed by atoms with Crippen LogP contribution in [0.2, 0.25) is 0 Å². The van der Waals surface area contributed by atoms with Gasteiger partial charge >= 0.3 is 0 Å². The number of nitrogens with two attached hydrogens (primary N) is 1. The van der Waals surface area contributed by atoms with Gasteiger partial charge in [0.2, 0.25) is 5.91 Å². The Bertz CT molecular complexity index is 441. The predicted octanol–water partition coefficient (Wildman–Crippen LogP) is -0.496. The lowest BCUT2D eigenvalue weighted by Crippen LogP contribution is -2.35. The average Bonchev–Trinajstić information content (AvgIpc) is 2.75. The van der Waals surface area contributed by atoms with Gasteiger partial charge in [0.1, 0.15) is 5.78 Å². The summed E-state index contributed by atoms with van der Waals surface area (Å²) in [6, 6.07) is -0.430. The van der Waals surface area contributed by atoms with Gasteiger partial charge in [0, 0.05) is 31.7 Å². The van der Waals surface area contributed by atoms with Gasteiger partial charge in [-0.3, -0.25) is 24.1 Å². The SMILES string of the molecule is CC(=O)[C@H](N)CCCCNC(=O)CCN1C(=O)C=CC1=O. The number of ketones is 1. The van der Waals surface area contributed by atoms with Gasteiger partial charge in [-0.2, -0.15) is 0 Å². The van der Waals surface area contributed by atoms with Crippen molar-refractivity contribution in [3.63, 3.8) is 0 Å². The summed E-state index contributed by atoms with van der Waals surface area (Å²) in [7, 11) is 0. The standard InChI is InChI=1S/C14H21N3O4/c1-10(18)11(15)4-2-3-8-16-12(19)7-9-17-13(20)5-6-14(17)21/h5-6,11H,2-4,7-9,15H2,1H3,(H,16,19)/t11-/m1/s1. The number of nitrogens with zero attached hydrogens (tertiary/aromatic N) is 1. The number of carbonyl (C=O) groups is 4. The molecular weight excluding hydrogens is 274 g/mol. The quantitative estimate of drug-likeness (QED) is 0.440. The number of carbonyl (C=O) groups excluding carboxylic acids is 4. The molecule has 0 bridgehead atoms. The Morgan fingerprint density at radius 2 is 1.86 bits per heavy atom. The number of hydrogen-bond donors (Lipinski definition) is 2. The maximum Gasteiger partial charge on any atom is 0.253 e. The highest BCUT2D eigenvalue weighted by molar-refractivity contribution is 6.13. The van der Waals surface area contributed by atoms with E-state index < -0.39 is 6.04 Å². The lowest BCUT2D eigenvalue weighted by Gasteiger charge is -2.13. The summed E-state index contributed by atoms with van der Waals surface area (Å²) >= 11 is 0. The number of imide groups is 1. The van der Waals surface area contributed by atoms with Gasteiger partial charge in [-0.25, -0.2) is 0 Å². The van der Waals surface area contributed by atoms with Crippen LogP contribution in [0, 0.1) is 0 Å². The van der Waals surface area contributed by atoms with Crippen LogP contribution in [0.15, 0.2) is 12.2 Å². The molecule has 0 aromatic heterocycles. The molecule has 1 heterocycles. The molecule has 0 fully saturated rings. The van der Waals surface area contributed by atoms with Gasteiger partial charge < -0.3 is 11.1 Å². The first kappa shape index (κ1) is 17.0. The molecule has 7 nitrogen and oxygen atoms in total. The van der Waals surface area contributed by atoms with E-state index in [1.165, 1.54) is 19.1 Å². The third kappa shape index (κ3) is 5.86. The number of unbranched alkanes of at least 4 members (excludes halogenated alkanes) is 1. The number of hydrogen-bond acceptors (Lipinski definition) is 5. The Kier molecular flexibility index (Phi) is 6.74. The fraction of sp³-hybridized carbons (Fsp3) is 0.571. The molecule has 1 aliphatic rings. The summed E-state index contributed by atoms with van der Waals surface area (Å²) in [5.74, 6) is -1.01. The molecule has 1 rings (SSSR count). The lowest BCUT2D eigenvalue weighted by atomic mass is 10.1. The highest BCUT2D eigenvalue weighted by Gasteiger charge is 2.23. The van der Waals surface area contributed by atoms with Crippen molar-refractivity contribution in [3.8, 4) is 0 Å². The van der Waals surface area contributed by atoms with Gasteiger partial charge in [0.15, 0.2) is 0 Å². The summed E-state index contributed by atoms with van der Waals surface area (Å²) in [4.78, 5) is 46.0. The number of nitrogens with one attached hydrogen (secondary N) is 1. The van der Waals surface area contributed by atoms with Crippen molar-refractivity contribution in [2.75, 3.05) is 13.1 Å². The van der Waals surface area contributed by atoms with E-state index in [0.717, 1.165) is 17.7 Å². The van der Waals surface area contributed by atoms with Crippen LogP contribution < -0.4 is 11.1 Å². The summed E-state index contributed by atoms with van der Waals surface area (Å²) in [6.07, 6.45) is 4.57. The second-order valence-corrected chi connectivity index (χ2v) is 4.97. The van der Waals surface area contributed by atoms with Gasteiger partial charge in [-0.05, 0) is 26.2 Å². The van der Waals surface area contributed by atoms with Gasteiger partial charge in [0.05, 0.1) is 6.04 Å². The normalized spacial score (nSPS) is 15.4. The molecule has 116 valence electrons. The van der Waals surface area contributed by atoms with Crippen LogP contribution in [0.1, 0.15) is 32.6 Å². The molecule has 3 amide bonds. The first-order valence-corrected chi connectivity index (χ1v) is 6.98. The molecule has 1 atom stereocenters. The van der Waals surface area contributed by atoms with Crippen LogP contribution in [0.5, 0.6) is 0 Å². The molecular formula is C14H21N3O4. The zero-order valence-corrected chi connectivity index (χ0v) is 12.1. The maximum atomic E-state index is 11.6. The fourth-order valence-corrected chi connectivity index (χ4v) is 1.87. The third-order valence-electron chi connectivity index (χ3n) is 3.25. The Morgan fingerprint density at radius 1 is 1.24 bits per heavy atom. The van der Waals surface area contributed by atoms with E-state index in [0.29, 0.717) is 13.0 Å². The van der Waals surface area contributed by atoms with Crippen molar-refractivity contribution in [2.24, 2.45) is 5.73 Å². The second-order valence-electron chi connectivity index (χ2n) is 4.97. The van der Waals surface area contributed by atoms with Crippen LogP contribution in [0.3, 0.4) is 0 Å². The van der Waals surface area contributed by atoms with Crippen LogP contribution in [-0.2, 0) is 19.2 Å². The summed E-state index contributed by atoms with van der Waals surface area (Å²) in [5, 5.41) is 2.70. The first-order valence-electron chi connectivity index (χ1n) is 6.98. The smallest absolute Gasteiger partial charge is 0.253 e. The Morgan fingerprint density at radius 3 is 2.43 bits per heavy atom. The molecule has 1 aliphatic heterocycles. The van der Waals surface area contributed by atoms with Gasteiger partial charge in [-0.15, -0.1) is 0 Å². The largest absolute Gasteiger partial charge is 0.356 e. The minimum atomic E-state index is -0.430. The molecule has 0 aromatic rings. The molecule has 0 saturated heterocycles. The molecule has 21 heavy (non-hydrogen) atoms. The molecule has 0 spiro atoms. The number of Topliss-reactive ketones (excluding diaryl/α,β-unsaturated/α-hetero) is 1. The Balaban J connectivity index is 2.08. The van der Waals surface area contributed by atoms with Crippen molar-refractivity contribution < 1.29 is 19.2 Å². The summed E-state index contributed by atoms with van der Waals surface area (Å²) in [5.41, 5.74) is 5.59. The monoisotopic (exact) mass is 295 g/mol. The van der Waals surface area contributed by atoms with Gasteiger partial charge in [0.25, 0.3) is 11.8 Å². The molecule has 0 saturated carbocycles. The van der Waals surface area contributed by atoms with Crippen molar-refractivity contribution in [3.05, 3.63) is 12.2 Å². The zero-order chi connectivity index (χ0) is 15.8. The zero-order valence-electron chi connectivity index (χ0n) is 12.1. The molecule has 0 radical (unpaired) electrons. The first-order chi connectivity index (χ1) is 9.91. The Labute approximate surface area is 123 Å². The van der Waals surface area contributed by atoms with E-state index in [1.54, 1.807) is 0 Å². The van der Waals surface area contributed by atoms with E-state index in [4.69, 9.17) is 5.73 Å². The summed E-state index contributed by atoms with van der Waals surface area (Å²) in [6.45, 7) is 2.04. The van der Waals surface area contributed by atoms with E-state index in [1.807, 2.05) is 0 Å². The van der Waals surface area contributed by atoms with Crippen LogP contribution in [0.25, 0.3) is 0 Å². The van der Waals surface area contributed by atoms with E-state index in [2.05, 4.69) is 5.32 Å². The minimum Gasteiger partial charge on any atom is -0.356 e. The summed E-state index contributed by atoms with van der Waals surface area (Å²) < 4.78 is 0. The van der Waals surface area contributed by atoms with Crippen molar-refractivity contribution in [1.82, 2.24) is 10.2 Å². The fourth-order valence-electron chi connectivity index (χ4n) is 1.87. The molecule has 7 heteroatoms. The average molecular weight is 295 g/mol. The molecule has 0 aromatic carbocycles. The maximum absolute atomic E-state index is 11.6. The van der Waals surface area contributed by atoms with Gasteiger partial charge in [-0.1, -0.05) is 0 Å². The highest BCUT2D eigenvalue weighted by atomic mass is 16.2. The van der Waals surface area contributed by atoms with E-state index in [9.17, 15) is 19.2 Å². The second kappa shape index (κ2) is 8.31. The Hall–Kier alpha value is -2.02. The van der Waals surface area contributed by atoms with Crippen LogP contribution in [-0.4, -0.2) is 47.5 Å². The van der Waals surface area contributed by atoms with Crippen molar-refractivity contribution in [2.45, 2.75) is 38.6 Å². The highest BCUT2D eigenvalue weighted by Crippen LogP contribution is 2.04. The number of amides is 3. The van der Waals surface area contributed by atoms with E-state index in [-0.39, 0.29) is 36.5 Å². The lowest BCUT2D eigenvalue weighted by molar-refractivity contribution is -0.137. The number of rotatable bonds is 9. The topological polar surface area (TPSA) is 110 Å².